The van der Waals surface area contributed by atoms with Crippen LogP contribution in [-0.2, 0) is 4.74 Å². The van der Waals surface area contributed by atoms with Crippen LogP contribution < -0.4 is 10.5 Å². The second kappa shape index (κ2) is 9.82. The van der Waals surface area contributed by atoms with E-state index in [4.69, 9.17) is 16.3 Å². The number of pyridine rings is 1. The molecule has 3 aromatic heterocycles. The van der Waals surface area contributed by atoms with Gasteiger partial charge in [0.2, 0.25) is 0 Å². The maximum Gasteiger partial charge on any atom is 0.410 e. The zero-order valence-corrected chi connectivity index (χ0v) is 20.7. The summed E-state index contributed by atoms with van der Waals surface area (Å²) in [6, 6.07) is 3.63. The van der Waals surface area contributed by atoms with Crippen molar-refractivity contribution in [3.8, 4) is 11.4 Å². The molecule has 3 aromatic rings. The summed E-state index contributed by atoms with van der Waals surface area (Å²) >= 11 is 6.36. The second-order valence-electron chi connectivity index (χ2n) is 8.62. The number of piperazine rings is 1. The maximum atomic E-state index is 12.6. The predicted molar refractivity (Wildman–Crippen MR) is 131 cm³/mol. The minimum absolute atomic E-state index is 0.0271. The van der Waals surface area contributed by atoms with Crippen molar-refractivity contribution in [2.24, 2.45) is 0 Å². The van der Waals surface area contributed by atoms with E-state index in [-0.39, 0.29) is 17.2 Å². The number of anilines is 1. The normalized spacial score (nSPS) is 16.4. The van der Waals surface area contributed by atoms with Crippen molar-refractivity contribution in [2.45, 2.75) is 53.2 Å². The molecule has 2 N–H and O–H groups in total. The van der Waals surface area contributed by atoms with Crippen LogP contribution in [0.1, 0.15) is 41.5 Å². The molecule has 1 saturated heterocycles. The highest BCUT2D eigenvalue weighted by molar-refractivity contribution is 6.32. The summed E-state index contributed by atoms with van der Waals surface area (Å²) in [5.74, 6) is 0.806. The Hall–Kier alpha value is -3.07. The first-order valence-electron chi connectivity index (χ1n) is 11.1. The van der Waals surface area contributed by atoms with Crippen LogP contribution in [0.25, 0.3) is 22.4 Å². The molecule has 1 aliphatic rings. The Labute approximate surface area is 198 Å². The molecule has 0 bridgehead atoms. The van der Waals surface area contributed by atoms with Crippen molar-refractivity contribution in [3.63, 3.8) is 0 Å². The third kappa shape index (κ3) is 5.30. The molecule has 4 heterocycles. The van der Waals surface area contributed by atoms with Gasteiger partial charge >= 0.3 is 6.09 Å². The van der Waals surface area contributed by atoms with E-state index in [9.17, 15) is 9.59 Å². The van der Waals surface area contributed by atoms with Crippen molar-refractivity contribution >= 4 is 34.5 Å². The van der Waals surface area contributed by atoms with Gasteiger partial charge in [-0.1, -0.05) is 25.4 Å². The van der Waals surface area contributed by atoms with Gasteiger partial charge in [0.25, 0.3) is 5.56 Å². The van der Waals surface area contributed by atoms with Crippen LogP contribution in [0.2, 0.25) is 5.02 Å². The minimum atomic E-state index is -0.557. The molecule has 1 aliphatic heterocycles. The van der Waals surface area contributed by atoms with E-state index < -0.39 is 11.2 Å². The number of nitrogens with zero attached hydrogens (tertiary/aromatic N) is 4. The highest BCUT2D eigenvalue weighted by Gasteiger charge is 2.32. The Balaban J connectivity index is 0.00000149. The van der Waals surface area contributed by atoms with Gasteiger partial charge in [-0.2, -0.15) is 0 Å². The molecule has 0 aliphatic carbocycles. The quantitative estimate of drug-likeness (QED) is 0.568. The third-order valence-electron chi connectivity index (χ3n) is 5.10. The fourth-order valence-electron chi connectivity index (χ4n) is 3.68. The van der Waals surface area contributed by atoms with Gasteiger partial charge in [0.05, 0.1) is 0 Å². The number of amides is 1. The lowest BCUT2D eigenvalue weighted by Gasteiger charge is -2.41. The number of ether oxygens (including phenoxy) is 1. The lowest BCUT2D eigenvalue weighted by Crippen LogP contribution is -2.55. The van der Waals surface area contributed by atoms with E-state index in [1.807, 2.05) is 58.6 Å². The Morgan fingerprint density at radius 3 is 2.67 bits per heavy atom. The van der Waals surface area contributed by atoms with Crippen molar-refractivity contribution in [1.29, 1.82) is 0 Å². The molecule has 10 heteroatoms. The molecule has 0 aromatic carbocycles. The lowest BCUT2D eigenvalue weighted by atomic mass is 10.2. The zero-order chi connectivity index (χ0) is 24.3. The van der Waals surface area contributed by atoms with Gasteiger partial charge in [0, 0.05) is 49.0 Å². The van der Waals surface area contributed by atoms with Crippen LogP contribution in [-0.4, -0.2) is 62.2 Å². The minimum Gasteiger partial charge on any atom is -0.444 e. The molecule has 178 valence electrons. The molecular weight excluding hydrogens is 444 g/mol. The van der Waals surface area contributed by atoms with Crippen LogP contribution in [0.3, 0.4) is 0 Å². The molecule has 1 fully saturated rings. The Kier molecular flexibility index (Phi) is 7.31. The molecule has 9 nitrogen and oxygen atoms in total. The average molecular weight is 475 g/mol. The smallest absolute Gasteiger partial charge is 0.410 e. The standard InChI is InChI=1S/C21H25ClN6O3.C2H6/c1-12-11-27(20(30)31-21(2,3)4)8-9-28(12)18-15(22)19(29)26-17(25-18)14-10-24-16-13(14)6-5-7-23-16;1-2/h5-7,10,12H,8-9,11H2,1-4H3,(H,23,24)(H,25,26,29);1-2H3. The Morgan fingerprint density at radius 2 is 2.00 bits per heavy atom. The van der Waals surface area contributed by atoms with Gasteiger partial charge in [0.15, 0.2) is 5.82 Å². The van der Waals surface area contributed by atoms with Gasteiger partial charge in [-0.15, -0.1) is 0 Å². The number of hydrogen-bond donors (Lipinski definition) is 2. The number of aromatic amines is 2. The Bertz CT molecular complexity index is 1180. The number of rotatable bonds is 2. The van der Waals surface area contributed by atoms with Crippen LogP contribution in [0, 0.1) is 0 Å². The number of aromatic nitrogens is 4. The van der Waals surface area contributed by atoms with Gasteiger partial charge in [-0.3, -0.25) is 4.79 Å². The molecule has 0 spiro atoms. The SMILES string of the molecule is CC.CC1CN(C(=O)OC(C)(C)C)CCN1c1nc(-c2c[nH]c3ncccc23)[nH]c(=O)c1Cl. The fraction of sp³-hybridized carbons (Fsp3) is 0.478. The highest BCUT2D eigenvalue weighted by Crippen LogP contribution is 2.29. The number of nitrogens with one attached hydrogen (secondary N) is 2. The number of carbonyl (C=O) groups is 1. The second-order valence-corrected chi connectivity index (χ2v) is 9.00. The topological polar surface area (TPSA) is 107 Å². The van der Waals surface area contributed by atoms with E-state index >= 15 is 0 Å². The number of H-pyrrole nitrogens is 2. The number of carbonyl (C=O) groups excluding carboxylic acids is 1. The highest BCUT2D eigenvalue weighted by atomic mass is 35.5. The van der Waals surface area contributed by atoms with Gasteiger partial charge in [-0.25, -0.2) is 14.8 Å². The molecular formula is C23H31ClN6O3. The van der Waals surface area contributed by atoms with E-state index in [0.717, 1.165) is 10.9 Å². The number of fused-ring (bicyclic) bond motifs is 1. The van der Waals surface area contributed by atoms with Crippen LogP contribution in [0.4, 0.5) is 10.6 Å². The van der Waals surface area contributed by atoms with E-state index in [1.165, 1.54) is 0 Å². The van der Waals surface area contributed by atoms with Crippen LogP contribution in [0.5, 0.6) is 0 Å². The first kappa shape index (κ1) is 24.6. The molecule has 1 atom stereocenters. The van der Waals surface area contributed by atoms with Crippen LogP contribution in [0.15, 0.2) is 29.3 Å². The molecule has 4 rings (SSSR count). The lowest BCUT2D eigenvalue weighted by molar-refractivity contribution is 0.0218. The first-order chi connectivity index (χ1) is 15.6. The fourth-order valence-corrected chi connectivity index (χ4v) is 3.88. The summed E-state index contributed by atoms with van der Waals surface area (Å²) in [7, 11) is 0. The maximum absolute atomic E-state index is 12.6. The predicted octanol–water partition coefficient (Wildman–Crippen LogP) is 4.44. The summed E-state index contributed by atoms with van der Waals surface area (Å²) in [6.45, 7) is 12.8. The summed E-state index contributed by atoms with van der Waals surface area (Å²) < 4.78 is 5.48. The van der Waals surface area contributed by atoms with E-state index in [0.29, 0.717) is 36.9 Å². The summed E-state index contributed by atoms with van der Waals surface area (Å²) in [5, 5.41) is 0.876. The summed E-state index contributed by atoms with van der Waals surface area (Å²) in [5.41, 5.74) is 0.467. The van der Waals surface area contributed by atoms with Crippen molar-refractivity contribution in [1.82, 2.24) is 24.8 Å². The van der Waals surface area contributed by atoms with Gasteiger partial charge < -0.3 is 24.5 Å². The van der Waals surface area contributed by atoms with E-state index in [2.05, 4.69) is 19.9 Å². The first-order valence-corrected chi connectivity index (χ1v) is 11.5. The molecule has 1 amide bonds. The zero-order valence-electron chi connectivity index (χ0n) is 19.9. The molecule has 33 heavy (non-hydrogen) atoms. The Morgan fingerprint density at radius 1 is 1.27 bits per heavy atom. The number of hydrogen-bond acceptors (Lipinski definition) is 6. The molecule has 1 unspecified atom stereocenters. The molecule has 0 radical (unpaired) electrons. The monoisotopic (exact) mass is 474 g/mol. The van der Waals surface area contributed by atoms with E-state index in [1.54, 1.807) is 17.3 Å². The summed E-state index contributed by atoms with van der Waals surface area (Å²) in [6.07, 6.45) is 3.10. The molecule has 0 saturated carbocycles. The largest absolute Gasteiger partial charge is 0.444 e. The van der Waals surface area contributed by atoms with Crippen LogP contribution >= 0.6 is 11.6 Å². The third-order valence-corrected chi connectivity index (χ3v) is 5.44. The number of halogens is 1. The van der Waals surface area contributed by atoms with Crippen molar-refractivity contribution in [2.75, 3.05) is 24.5 Å². The van der Waals surface area contributed by atoms with Crippen molar-refractivity contribution in [3.05, 3.63) is 39.9 Å². The van der Waals surface area contributed by atoms with Crippen molar-refractivity contribution < 1.29 is 9.53 Å². The van der Waals surface area contributed by atoms with Gasteiger partial charge in [-0.05, 0) is 39.8 Å². The average Bonchev–Trinajstić information content (AvgIpc) is 3.20. The summed E-state index contributed by atoms with van der Waals surface area (Å²) in [4.78, 5) is 43.5. The van der Waals surface area contributed by atoms with Gasteiger partial charge in [0.1, 0.15) is 22.1 Å².